The van der Waals surface area contributed by atoms with Crippen molar-refractivity contribution in [3.05, 3.63) is 209 Å². The van der Waals surface area contributed by atoms with Crippen LogP contribution in [0.1, 0.15) is 129 Å². The Morgan fingerprint density at radius 2 is 1.12 bits per heavy atom. The summed E-state index contributed by atoms with van der Waals surface area (Å²) in [5, 5.41) is 2.25. The van der Waals surface area contributed by atoms with Crippen LogP contribution < -0.4 is 9.30 Å². The van der Waals surface area contributed by atoms with Gasteiger partial charge in [-0.1, -0.05) is 174 Å². The molecular formula is C62H64N4OPt-2. The van der Waals surface area contributed by atoms with E-state index in [-0.39, 0.29) is 48.1 Å². The largest absolute Gasteiger partial charge is 0.510 e. The summed E-state index contributed by atoms with van der Waals surface area (Å²) in [4.78, 5) is 5.01. The maximum atomic E-state index is 6.74. The molecule has 5 nitrogen and oxygen atoms in total. The van der Waals surface area contributed by atoms with E-state index in [4.69, 9.17) is 9.72 Å². The molecule has 0 atom stereocenters. The Hall–Kier alpha value is -6.03. The van der Waals surface area contributed by atoms with Crippen molar-refractivity contribution < 1.29 is 30.4 Å². The molecule has 0 saturated heterocycles. The number of hydrogen-bond acceptors (Lipinski definition) is 2. The Kier molecular flexibility index (Phi) is 12.7. The minimum atomic E-state index is -0.238. The molecule has 68 heavy (non-hydrogen) atoms. The summed E-state index contributed by atoms with van der Waals surface area (Å²) in [6, 6.07) is 57.2. The van der Waals surface area contributed by atoms with Gasteiger partial charge in [0.2, 0.25) is 0 Å². The SMILES string of the molecule is CC(C)(C)c1cc(-[n+]2[c-]n(-c3[c-]c(Oc4[c-]c5c(cc4)c4cc(C(C)(C)C)ccc4n5-c4cc(C(C)(C)c5ccccc5)ccn4)ccc3)c(C(C)(C)C)c2)cc(C(C)(C)c2ccccc2)c1.[Pt]. The summed E-state index contributed by atoms with van der Waals surface area (Å²) in [7, 11) is 0. The molecule has 350 valence electrons. The third-order valence-electron chi connectivity index (χ3n) is 13.7. The molecule has 6 heteroatoms. The fraction of sp³-hybridized carbons (Fsp3) is 0.290. The van der Waals surface area contributed by atoms with E-state index in [0.29, 0.717) is 11.5 Å². The number of aromatic nitrogens is 4. The molecule has 0 aliphatic rings. The zero-order valence-corrected chi connectivity index (χ0v) is 44.2. The van der Waals surface area contributed by atoms with Crippen molar-refractivity contribution >= 4 is 21.8 Å². The van der Waals surface area contributed by atoms with Crippen molar-refractivity contribution in [1.29, 1.82) is 0 Å². The summed E-state index contributed by atoms with van der Waals surface area (Å²) < 4.78 is 13.3. The predicted octanol–water partition coefficient (Wildman–Crippen LogP) is 15.0. The topological polar surface area (TPSA) is 35.9 Å². The first kappa shape index (κ1) is 48.4. The fourth-order valence-corrected chi connectivity index (χ4v) is 9.17. The van der Waals surface area contributed by atoms with E-state index in [0.717, 1.165) is 44.7 Å². The van der Waals surface area contributed by atoms with Crippen molar-refractivity contribution in [3.8, 4) is 28.7 Å². The Balaban J connectivity index is 0.00000625. The van der Waals surface area contributed by atoms with Gasteiger partial charge in [0.1, 0.15) is 5.82 Å². The summed E-state index contributed by atoms with van der Waals surface area (Å²) in [6.07, 6.45) is 7.89. The van der Waals surface area contributed by atoms with Crippen molar-refractivity contribution in [1.82, 2.24) is 14.1 Å². The smallest absolute Gasteiger partial charge is 0.267 e. The molecule has 0 amide bonds. The van der Waals surface area contributed by atoms with Gasteiger partial charge in [-0.05, 0) is 91.0 Å². The number of fused-ring (bicyclic) bond motifs is 3. The van der Waals surface area contributed by atoms with Crippen LogP contribution in [0.4, 0.5) is 0 Å². The third-order valence-corrected chi connectivity index (χ3v) is 13.7. The van der Waals surface area contributed by atoms with Gasteiger partial charge in [0.15, 0.2) is 0 Å². The van der Waals surface area contributed by atoms with Crippen LogP contribution in [0.3, 0.4) is 0 Å². The first-order valence-electron chi connectivity index (χ1n) is 23.6. The molecule has 9 aromatic rings. The van der Waals surface area contributed by atoms with E-state index >= 15 is 0 Å². The van der Waals surface area contributed by atoms with Gasteiger partial charge < -0.3 is 13.9 Å². The number of benzene rings is 6. The number of imidazole rings is 1. The molecule has 0 unspecified atom stereocenters. The summed E-state index contributed by atoms with van der Waals surface area (Å²) in [5.74, 6) is 2.02. The van der Waals surface area contributed by atoms with Crippen LogP contribution in [0.15, 0.2) is 152 Å². The molecule has 9 rings (SSSR count). The summed E-state index contributed by atoms with van der Waals surface area (Å²) in [5.41, 5.74) is 11.8. The van der Waals surface area contributed by atoms with E-state index in [1.54, 1.807) is 0 Å². The zero-order valence-electron chi connectivity index (χ0n) is 41.9. The number of rotatable bonds is 9. The van der Waals surface area contributed by atoms with E-state index in [1.165, 1.54) is 33.4 Å². The monoisotopic (exact) mass is 1080 g/mol. The van der Waals surface area contributed by atoms with Gasteiger partial charge in [0.05, 0.1) is 11.4 Å². The zero-order chi connectivity index (χ0) is 47.7. The van der Waals surface area contributed by atoms with Crippen molar-refractivity contribution in [3.63, 3.8) is 0 Å². The fourth-order valence-electron chi connectivity index (χ4n) is 9.17. The second kappa shape index (κ2) is 17.8. The van der Waals surface area contributed by atoms with Gasteiger partial charge in [-0.2, -0.15) is 18.2 Å². The van der Waals surface area contributed by atoms with Gasteiger partial charge in [0, 0.05) is 61.3 Å². The molecule has 0 N–H and O–H groups in total. The molecule has 6 aromatic carbocycles. The average molecular weight is 1080 g/mol. The Labute approximate surface area is 419 Å². The molecule has 0 spiro atoms. The van der Waals surface area contributed by atoms with Gasteiger partial charge in [-0.25, -0.2) is 4.98 Å². The van der Waals surface area contributed by atoms with Gasteiger partial charge in [-0.3, -0.25) is 4.57 Å². The molecule has 0 aliphatic carbocycles. The van der Waals surface area contributed by atoms with Gasteiger partial charge in [-0.15, -0.1) is 29.7 Å². The van der Waals surface area contributed by atoms with Crippen LogP contribution >= 0.6 is 0 Å². The molecule has 0 bridgehead atoms. The maximum absolute atomic E-state index is 6.74. The van der Waals surface area contributed by atoms with E-state index in [2.05, 4.69) is 250 Å². The van der Waals surface area contributed by atoms with Crippen molar-refractivity contribution in [2.75, 3.05) is 0 Å². The predicted molar refractivity (Wildman–Crippen MR) is 276 cm³/mol. The number of ether oxygens (including phenoxy) is 1. The van der Waals surface area contributed by atoms with Gasteiger partial charge >= 0.3 is 0 Å². The molecule has 0 saturated carbocycles. The quantitative estimate of drug-likeness (QED) is 0.107. The third kappa shape index (κ3) is 9.27. The maximum Gasteiger partial charge on any atom is 0.267 e. The standard InChI is InChI=1S/C62H64N4O.Pt/c1-58(2,3)44-27-30-54-53(36-44)52-29-28-51(39-55(52)66(54)57-37-45(31-32-63-57)61(10,11)42-21-16-14-17-22-42)67-50-26-20-25-48(38-50)65-41-64(40-56(65)60(7,8)9)49-34-46(59(4,5)6)33-47(35-49)62(12,13)43-23-18-15-19-24-43;/h14-37,40H,1-13H3;/q-2;. The van der Waals surface area contributed by atoms with Gasteiger partial charge in [0.25, 0.3) is 6.33 Å². The number of hydrogen-bond donors (Lipinski definition) is 0. The molecule has 3 aromatic heterocycles. The molecule has 0 fully saturated rings. The normalized spacial score (nSPS) is 12.7. The Morgan fingerprint density at radius 1 is 0.500 bits per heavy atom. The van der Waals surface area contributed by atoms with Crippen LogP contribution in [0, 0.1) is 18.5 Å². The number of nitrogens with zero attached hydrogens (tertiary/aromatic N) is 4. The first-order chi connectivity index (χ1) is 31.6. The minimum Gasteiger partial charge on any atom is -0.510 e. The van der Waals surface area contributed by atoms with Crippen LogP contribution in [0.2, 0.25) is 0 Å². The van der Waals surface area contributed by atoms with Crippen molar-refractivity contribution in [2.45, 2.75) is 117 Å². The minimum absolute atomic E-state index is 0. The van der Waals surface area contributed by atoms with Crippen LogP contribution in [-0.2, 0) is 48.1 Å². The Morgan fingerprint density at radius 3 is 1.75 bits per heavy atom. The van der Waals surface area contributed by atoms with Crippen LogP contribution in [-0.4, -0.2) is 14.1 Å². The summed E-state index contributed by atoms with van der Waals surface area (Å²) >= 11 is 0. The molecule has 0 aliphatic heterocycles. The first-order valence-corrected chi connectivity index (χ1v) is 23.6. The molecular weight excluding hydrogens is 1010 g/mol. The van der Waals surface area contributed by atoms with Crippen LogP contribution in [0.5, 0.6) is 11.5 Å². The van der Waals surface area contributed by atoms with Crippen LogP contribution in [0.25, 0.3) is 39.0 Å². The average Bonchev–Trinajstić information content (AvgIpc) is 3.90. The second-order valence-electron chi connectivity index (χ2n) is 22.4. The summed E-state index contributed by atoms with van der Waals surface area (Å²) in [6.45, 7) is 29.5. The van der Waals surface area contributed by atoms with E-state index in [9.17, 15) is 0 Å². The molecule has 3 heterocycles. The molecule has 0 radical (unpaired) electrons. The second-order valence-corrected chi connectivity index (χ2v) is 22.4. The van der Waals surface area contributed by atoms with Crippen molar-refractivity contribution in [2.24, 2.45) is 0 Å². The van der Waals surface area contributed by atoms with E-state index < -0.39 is 0 Å². The number of pyridine rings is 1. The van der Waals surface area contributed by atoms with E-state index in [1.807, 2.05) is 24.4 Å². The Bertz CT molecular complexity index is 3260.